The number of hydrogen-bond acceptors (Lipinski definition) is 3. The van der Waals surface area contributed by atoms with E-state index in [4.69, 9.17) is 4.74 Å². The van der Waals surface area contributed by atoms with Crippen molar-refractivity contribution < 1.29 is 9.13 Å². The first-order valence-electron chi connectivity index (χ1n) is 7.69. The normalized spacial score (nSPS) is 13.2. The largest absolute Gasteiger partial charge is 0.494 e. The molecule has 1 aromatic carbocycles. The molecule has 3 nitrogen and oxygen atoms in total. The number of nitrogens with zero attached hydrogens (tertiary/aromatic N) is 1. The van der Waals surface area contributed by atoms with Gasteiger partial charge in [-0.1, -0.05) is 6.07 Å². The lowest BCUT2D eigenvalue weighted by atomic mass is 10.1. The second-order valence-electron chi connectivity index (χ2n) is 6.00. The maximum Gasteiger partial charge on any atom is 0.165 e. The van der Waals surface area contributed by atoms with Crippen molar-refractivity contribution >= 4 is 0 Å². The van der Waals surface area contributed by atoms with Gasteiger partial charge in [0.15, 0.2) is 11.6 Å². The summed E-state index contributed by atoms with van der Waals surface area (Å²) < 4.78 is 18.7. The maximum absolute atomic E-state index is 13.7. The Morgan fingerprint density at radius 1 is 1.14 bits per heavy atom. The highest BCUT2D eigenvalue weighted by molar-refractivity contribution is 5.30. The van der Waals surface area contributed by atoms with Gasteiger partial charge in [-0.05, 0) is 52.3 Å². The Balaban J connectivity index is 2.54. The van der Waals surface area contributed by atoms with Crippen LogP contribution in [0.3, 0.4) is 0 Å². The minimum atomic E-state index is -0.311. The van der Waals surface area contributed by atoms with Crippen LogP contribution in [-0.2, 0) is 0 Å². The third-order valence-electron chi connectivity index (χ3n) is 3.82. The maximum atomic E-state index is 13.7. The molecule has 0 amide bonds. The summed E-state index contributed by atoms with van der Waals surface area (Å²) in [6, 6.07) is 6.30. The molecule has 1 unspecified atom stereocenters. The van der Waals surface area contributed by atoms with Gasteiger partial charge in [0.25, 0.3) is 0 Å². The topological polar surface area (TPSA) is 24.5 Å². The van der Waals surface area contributed by atoms with Crippen molar-refractivity contribution in [2.75, 3.05) is 20.2 Å². The van der Waals surface area contributed by atoms with Crippen LogP contribution < -0.4 is 10.1 Å². The SMILES string of the molecule is COc1ccc(C(C)NCCN(C(C)C)C(C)C)cc1F. The van der Waals surface area contributed by atoms with Crippen LogP contribution in [-0.4, -0.2) is 37.2 Å². The fourth-order valence-electron chi connectivity index (χ4n) is 2.59. The second-order valence-corrected chi connectivity index (χ2v) is 6.00. The molecule has 0 heterocycles. The Bertz CT molecular complexity index is 427. The Hall–Kier alpha value is -1.13. The summed E-state index contributed by atoms with van der Waals surface area (Å²) in [6.45, 7) is 12.8. The summed E-state index contributed by atoms with van der Waals surface area (Å²) >= 11 is 0. The van der Waals surface area contributed by atoms with E-state index in [2.05, 4.69) is 44.8 Å². The van der Waals surface area contributed by atoms with Crippen molar-refractivity contribution in [1.29, 1.82) is 0 Å². The van der Waals surface area contributed by atoms with Crippen molar-refractivity contribution in [3.8, 4) is 5.75 Å². The van der Waals surface area contributed by atoms with Gasteiger partial charge in [-0.3, -0.25) is 4.90 Å². The molecule has 0 bridgehead atoms. The first-order valence-corrected chi connectivity index (χ1v) is 7.69. The fraction of sp³-hybridized carbons (Fsp3) is 0.647. The molecule has 0 aromatic heterocycles. The smallest absolute Gasteiger partial charge is 0.165 e. The summed E-state index contributed by atoms with van der Waals surface area (Å²) in [5.41, 5.74) is 0.939. The van der Waals surface area contributed by atoms with E-state index >= 15 is 0 Å². The summed E-state index contributed by atoms with van der Waals surface area (Å²) in [7, 11) is 1.48. The Labute approximate surface area is 128 Å². The van der Waals surface area contributed by atoms with Crippen molar-refractivity contribution in [3.63, 3.8) is 0 Å². The zero-order valence-corrected chi connectivity index (χ0v) is 14.1. The number of benzene rings is 1. The number of halogens is 1. The fourth-order valence-corrected chi connectivity index (χ4v) is 2.59. The molecule has 120 valence electrons. The van der Waals surface area contributed by atoms with Crippen molar-refractivity contribution in [2.45, 2.75) is 52.7 Å². The van der Waals surface area contributed by atoms with Crippen LogP contribution in [0, 0.1) is 5.82 Å². The molecule has 0 saturated carbocycles. The Kier molecular flexibility index (Phi) is 7.12. The van der Waals surface area contributed by atoms with Gasteiger partial charge in [-0.15, -0.1) is 0 Å². The van der Waals surface area contributed by atoms with Gasteiger partial charge < -0.3 is 10.1 Å². The molecule has 21 heavy (non-hydrogen) atoms. The zero-order chi connectivity index (χ0) is 16.0. The monoisotopic (exact) mass is 296 g/mol. The zero-order valence-electron chi connectivity index (χ0n) is 14.1. The van der Waals surface area contributed by atoms with Gasteiger partial charge in [0.1, 0.15) is 0 Å². The van der Waals surface area contributed by atoms with Crippen molar-refractivity contribution in [2.24, 2.45) is 0 Å². The highest BCUT2D eigenvalue weighted by atomic mass is 19.1. The van der Waals surface area contributed by atoms with E-state index in [1.807, 2.05) is 6.07 Å². The quantitative estimate of drug-likeness (QED) is 0.793. The highest BCUT2D eigenvalue weighted by Gasteiger charge is 2.14. The van der Waals surface area contributed by atoms with E-state index in [0.29, 0.717) is 12.1 Å². The molecule has 0 aliphatic rings. The molecule has 0 spiro atoms. The third kappa shape index (κ3) is 5.29. The van der Waals surface area contributed by atoms with Crippen molar-refractivity contribution in [1.82, 2.24) is 10.2 Å². The van der Waals surface area contributed by atoms with E-state index in [0.717, 1.165) is 18.7 Å². The lowest BCUT2D eigenvalue weighted by molar-refractivity contribution is 0.174. The van der Waals surface area contributed by atoms with Crippen LogP contribution >= 0.6 is 0 Å². The molecule has 1 atom stereocenters. The molecule has 0 saturated heterocycles. The lowest BCUT2D eigenvalue weighted by Crippen LogP contribution is -2.41. The standard InChI is InChI=1S/C17H29FN2O/c1-12(2)20(13(3)4)10-9-19-14(5)15-7-8-17(21-6)16(18)11-15/h7-8,11-14,19H,9-10H2,1-6H3. The van der Waals surface area contributed by atoms with Crippen LogP contribution in [0.15, 0.2) is 18.2 Å². The molecule has 1 rings (SSSR count). The van der Waals surface area contributed by atoms with Crippen LogP contribution in [0.5, 0.6) is 5.75 Å². The van der Waals surface area contributed by atoms with Crippen LogP contribution in [0.1, 0.15) is 46.2 Å². The molecular formula is C17H29FN2O. The number of methoxy groups -OCH3 is 1. The molecule has 0 aliphatic heterocycles. The number of ether oxygens (including phenoxy) is 1. The number of nitrogens with one attached hydrogen (secondary N) is 1. The molecular weight excluding hydrogens is 267 g/mol. The third-order valence-corrected chi connectivity index (χ3v) is 3.82. The Morgan fingerprint density at radius 3 is 2.24 bits per heavy atom. The summed E-state index contributed by atoms with van der Waals surface area (Å²) in [6.07, 6.45) is 0. The van der Waals surface area contributed by atoms with Gasteiger partial charge in [-0.25, -0.2) is 4.39 Å². The van der Waals surface area contributed by atoms with Crippen LogP contribution in [0.4, 0.5) is 4.39 Å². The van der Waals surface area contributed by atoms with E-state index < -0.39 is 0 Å². The number of hydrogen-bond donors (Lipinski definition) is 1. The molecule has 0 fully saturated rings. The predicted molar refractivity (Wildman–Crippen MR) is 86.3 cm³/mol. The minimum absolute atomic E-state index is 0.117. The van der Waals surface area contributed by atoms with Crippen LogP contribution in [0.2, 0.25) is 0 Å². The Morgan fingerprint density at radius 2 is 1.76 bits per heavy atom. The van der Waals surface area contributed by atoms with Gasteiger partial charge in [0.05, 0.1) is 7.11 Å². The van der Waals surface area contributed by atoms with Gasteiger partial charge in [0, 0.05) is 31.2 Å². The predicted octanol–water partition coefficient (Wildman–Crippen LogP) is 3.60. The van der Waals surface area contributed by atoms with Crippen LogP contribution in [0.25, 0.3) is 0 Å². The summed E-state index contributed by atoms with van der Waals surface area (Å²) in [5, 5.41) is 3.45. The minimum Gasteiger partial charge on any atom is -0.494 e. The average Bonchev–Trinajstić information content (AvgIpc) is 2.42. The first kappa shape index (κ1) is 17.9. The van der Waals surface area contributed by atoms with E-state index in [1.165, 1.54) is 7.11 Å². The van der Waals surface area contributed by atoms with Crippen molar-refractivity contribution in [3.05, 3.63) is 29.6 Å². The average molecular weight is 296 g/mol. The molecule has 4 heteroatoms. The van der Waals surface area contributed by atoms with Gasteiger partial charge in [0.2, 0.25) is 0 Å². The molecule has 1 aromatic rings. The highest BCUT2D eigenvalue weighted by Crippen LogP contribution is 2.21. The molecule has 0 aliphatic carbocycles. The summed E-state index contributed by atoms with van der Waals surface area (Å²) in [5.74, 6) is -0.0219. The molecule has 1 N–H and O–H groups in total. The van der Waals surface area contributed by atoms with Gasteiger partial charge >= 0.3 is 0 Å². The first-order chi connectivity index (χ1) is 9.86. The molecule has 0 radical (unpaired) electrons. The number of rotatable bonds is 8. The second kappa shape index (κ2) is 8.35. The van der Waals surface area contributed by atoms with Gasteiger partial charge in [-0.2, -0.15) is 0 Å². The summed E-state index contributed by atoms with van der Waals surface area (Å²) in [4.78, 5) is 2.44. The van der Waals surface area contributed by atoms with E-state index in [9.17, 15) is 4.39 Å². The van der Waals surface area contributed by atoms with E-state index in [-0.39, 0.29) is 17.6 Å². The lowest BCUT2D eigenvalue weighted by Gasteiger charge is -2.31. The van der Waals surface area contributed by atoms with E-state index in [1.54, 1.807) is 12.1 Å².